The molecule has 0 aromatic carbocycles. The SMILES string of the molecule is O=c1ccc(-n2cccn2)nn1C1COCC1Nc1nc(C2CCC2)ns1. The fraction of sp³-hybridized carbons (Fsp3) is 0.471. The van der Waals surface area contributed by atoms with Crippen molar-refractivity contribution in [3.8, 4) is 5.82 Å². The molecule has 2 aliphatic rings. The third-order valence-corrected chi connectivity index (χ3v) is 5.80. The molecule has 2 unspecified atom stereocenters. The normalized spacial score (nSPS) is 22.7. The van der Waals surface area contributed by atoms with Gasteiger partial charge >= 0.3 is 0 Å². The van der Waals surface area contributed by atoms with Gasteiger partial charge in [-0.15, -0.1) is 5.10 Å². The third kappa shape index (κ3) is 3.15. The summed E-state index contributed by atoms with van der Waals surface area (Å²) in [6, 6.07) is 4.68. The lowest BCUT2D eigenvalue weighted by Gasteiger charge is -2.22. The molecule has 2 fully saturated rings. The van der Waals surface area contributed by atoms with Crippen molar-refractivity contribution in [2.24, 2.45) is 0 Å². The Morgan fingerprint density at radius 3 is 2.96 bits per heavy atom. The molecule has 0 amide bonds. The summed E-state index contributed by atoms with van der Waals surface area (Å²) in [5.41, 5.74) is -0.166. The average molecular weight is 385 g/mol. The molecule has 10 heteroatoms. The first-order chi connectivity index (χ1) is 13.3. The lowest BCUT2D eigenvalue weighted by atomic mass is 9.85. The van der Waals surface area contributed by atoms with E-state index in [1.165, 1.54) is 41.5 Å². The van der Waals surface area contributed by atoms with Crippen molar-refractivity contribution in [2.45, 2.75) is 37.3 Å². The van der Waals surface area contributed by atoms with E-state index < -0.39 is 0 Å². The van der Waals surface area contributed by atoms with E-state index in [2.05, 4.69) is 24.9 Å². The second kappa shape index (κ2) is 6.86. The van der Waals surface area contributed by atoms with Crippen molar-refractivity contribution in [3.05, 3.63) is 46.8 Å². The van der Waals surface area contributed by atoms with Crippen LogP contribution in [0.2, 0.25) is 0 Å². The lowest BCUT2D eigenvalue weighted by Crippen LogP contribution is -2.37. The molecular weight excluding hydrogens is 366 g/mol. The summed E-state index contributed by atoms with van der Waals surface area (Å²) >= 11 is 1.37. The van der Waals surface area contributed by atoms with Crippen LogP contribution in [0.1, 0.15) is 37.0 Å². The lowest BCUT2D eigenvalue weighted by molar-refractivity contribution is 0.182. The molecule has 27 heavy (non-hydrogen) atoms. The highest BCUT2D eigenvalue weighted by Gasteiger charge is 2.33. The number of nitrogens with one attached hydrogen (secondary N) is 1. The fourth-order valence-electron chi connectivity index (χ4n) is 3.39. The Morgan fingerprint density at radius 1 is 1.26 bits per heavy atom. The molecule has 0 spiro atoms. The summed E-state index contributed by atoms with van der Waals surface area (Å²) in [5, 5.41) is 12.8. The molecular formula is C17H19N7O2S. The Bertz CT molecular complexity index is 979. The van der Waals surface area contributed by atoms with Crippen molar-refractivity contribution in [2.75, 3.05) is 18.5 Å². The van der Waals surface area contributed by atoms with Crippen molar-refractivity contribution in [1.29, 1.82) is 0 Å². The molecule has 1 aliphatic heterocycles. The highest BCUT2D eigenvalue weighted by molar-refractivity contribution is 7.09. The number of nitrogens with zero attached hydrogens (tertiary/aromatic N) is 6. The van der Waals surface area contributed by atoms with Gasteiger partial charge in [-0.25, -0.2) is 14.3 Å². The number of hydrogen-bond donors (Lipinski definition) is 1. The second-order valence-corrected chi connectivity index (χ2v) is 7.62. The molecule has 1 aliphatic carbocycles. The zero-order valence-corrected chi connectivity index (χ0v) is 15.4. The van der Waals surface area contributed by atoms with Gasteiger partial charge in [-0.3, -0.25) is 4.79 Å². The van der Waals surface area contributed by atoms with Crippen LogP contribution in [-0.2, 0) is 4.74 Å². The maximum Gasteiger partial charge on any atom is 0.267 e. The number of ether oxygens (including phenoxy) is 1. The Kier molecular flexibility index (Phi) is 4.21. The Labute approximate surface area is 159 Å². The molecule has 1 N–H and O–H groups in total. The summed E-state index contributed by atoms with van der Waals surface area (Å²) in [5.74, 6) is 2.02. The monoisotopic (exact) mass is 385 g/mol. The van der Waals surface area contributed by atoms with Crippen molar-refractivity contribution < 1.29 is 4.74 Å². The molecule has 5 rings (SSSR count). The van der Waals surface area contributed by atoms with Gasteiger partial charge in [0, 0.05) is 35.9 Å². The molecule has 4 heterocycles. The van der Waals surface area contributed by atoms with Gasteiger partial charge in [-0.1, -0.05) is 6.42 Å². The van der Waals surface area contributed by atoms with E-state index in [0.717, 1.165) is 11.0 Å². The van der Waals surface area contributed by atoms with Crippen LogP contribution in [0.25, 0.3) is 5.82 Å². The first-order valence-electron chi connectivity index (χ1n) is 9.06. The van der Waals surface area contributed by atoms with Gasteiger partial charge in [0.15, 0.2) is 5.82 Å². The number of rotatable bonds is 5. The number of hydrogen-bond acceptors (Lipinski definition) is 8. The van der Waals surface area contributed by atoms with Crippen LogP contribution >= 0.6 is 11.5 Å². The summed E-state index contributed by atoms with van der Waals surface area (Å²) < 4.78 is 13.2. The predicted octanol–water partition coefficient (Wildman–Crippen LogP) is 1.60. The zero-order chi connectivity index (χ0) is 18.2. The smallest absolute Gasteiger partial charge is 0.267 e. The Hall–Kier alpha value is -2.59. The van der Waals surface area contributed by atoms with Gasteiger partial charge in [-0.05, 0) is 25.0 Å². The molecule has 2 atom stereocenters. The minimum Gasteiger partial charge on any atom is -0.377 e. The molecule has 140 valence electrons. The van der Waals surface area contributed by atoms with Crippen LogP contribution in [0, 0.1) is 0 Å². The van der Waals surface area contributed by atoms with E-state index in [4.69, 9.17) is 4.74 Å². The minimum atomic E-state index is -0.218. The zero-order valence-electron chi connectivity index (χ0n) is 14.6. The molecule has 3 aromatic rings. The minimum absolute atomic E-state index is 0.0924. The van der Waals surface area contributed by atoms with Gasteiger partial charge in [0.25, 0.3) is 5.56 Å². The average Bonchev–Trinajstić information content (AvgIpc) is 3.36. The van der Waals surface area contributed by atoms with Gasteiger partial charge in [0.2, 0.25) is 5.13 Å². The maximum absolute atomic E-state index is 12.4. The number of anilines is 1. The van der Waals surface area contributed by atoms with Crippen molar-refractivity contribution in [3.63, 3.8) is 0 Å². The first kappa shape index (κ1) is 16.6. The van der Waals surface area contributed by atoms with E-state index in [-0.39, 0.29) is 17.6 Å². The van der Waals surface area contributed by atoms with Crippen LogP contribution in [0.4, 0.5) is 5.13 Å². The van der Waals surface area contributed by atoms with Gasteiger partial charge in [0.05, 0.1) is 19.3 Å². The van der Waals surface area contributed by atoms with E-state index >= 15 is 0 Å². The predicted molar refractivity (Wildman–Crippen MR) is 99.4 cm³/mol. The van der Waals surface area contributed by atoms with Crippen LogP contribution in [0.3, 0.4) is 0 Å². The second-order valence-electron chi connectivity index (χ2n) is 6.87. The third-order valence-electron chi connectivity index (χ3n) is 5.14. The topological polar surface area (TPSA) is 99.8 Å². The largest absolute Gasteiger partial charge is 0.377 e. The highest BCUT2D eigenvalue weighted by atomic mass is 32.1. The van der Waals surface area contributed by atoms with Crippen LogP contribution in [0.5, 0.6) is 0 Å². The molecule has 0 bridgehead atoms. The van der Waals surface area contributed by atoms with E-state index in [0.29, 0.717) is 24.9 Å². The first-order valence-corrected chi connectivity index (χ1v) is 9.83. The van der Waals surface area contributed by atoms with Gasteiger partial charge < -0.3 is 10.1 Å². The van der Waals surface area contributed by atoms with Gasteiger partial charge in [0.1, 0.15) is 11.9 Å². The van der Waals surface area contributed by atoms with Crippen LogP contribution in [-0.4, -0.2) is 48.2 Å². The Balaban J connectivity index is 1.38. The summed E-state index contributed by atoms with van der Waals surface area (Å²) in [4.78, 5) is 17.1. The summed E-state index contributed by atoms with van der Waals surface area (Å²) in [6.45, 7) is 0.907. The highest BCUT2D eigenvalue weighted by Crippen LogP contribution is 2.36. The molecule has 3 aromatic heterocycles. The maximum atomic E-state index is 12.4. The standard InChI is InChI=1S/C17H19N7O2S/c25-15-6-5-14(23-8-2-7-18-23)21-24(15)13-10-26-9-12(13)19-17-20-16(22-27-17)11-3-1-4-11/h2,5-8,11-13H,1,3-4,9-10H2,(H,19,20,22). The molecule has 9 nitrogen and oxygen atoms in total. The van der Waals surface area contributed by atoms with Gasteiger partial charge in [-0.2, -0.15) is 9.47 Å². The van der Waals surface area contributed by atoms with Crippen molar-refractivity contribution >= 4 is 16.7 Å². The van der Waals surface area contributed by atoms with E-state index in [1.807, 2.05) is 6.07 Å². The van der Waals surface area contributed by atoms with Crippen LogP contribution < -0.4 is 10.9 Å². The Morgan fingerprint density at radius 2 is 2.19 bits per heavy atom. The van der Waals surface area contributed by atoms with Crippen LogP contribution in [0.15, 0.2) is 35.4 Å². The summed E-state index contributed by atoms with van der Waals surface area (Å²) in [7, 11) is 0. The molecule has 1 saturated heterocycles. The fourth-order valence-corrected chi connectivity index (χ4v) is 4.09. The number of aromatic nitrogens is 6. The quantitative estimate of drug-likeness (QED) is 0.712. The van der Waals surface area contributed by atoms with Crippen molar-refractivity contribution in [1.82, 2.24) is 28.9 Å². The van der Waals surface area contributed by atoms with E-state index in [1.54, 1.807) is 23.1 Å². The summed E-state index contributed by atoms with van der Waals surface area (Å²) in [6.07, 6.45) is 7.07. The van der Waals surface area contributed by atoms with E-state index in [9.17, 15) is 4.79 Å². The molecule has 1 saturated carbocycles. The molecule has 0 radical (unpaired) electrons.